The van der Waals surface area contributed by atoms with Crippen molar-refractivity contribution in [3.05, 3.63) is 210 Å². The minimum absolute atomic E-state index is 0.112. The van der Waals surface area contributed by atoms with Crippen LogP contribution in [-0.2, 0) is 10.8 Å². The Labute approximate surface area is 335 Å². The summed E-state index contributed by atoms with van der Waals surface area (Å²) in [6.45, 7) is 9.53. The molecule has 0 aromatic heterocycles. The molecule has 0 heterocycles. The van der Waals surface area contributed by atoms with Gasteiger partial charge in [0.05, 0.1) is 0 Å². The summed E-state index contributed by atoms with van der Waals surface area (Å²) in [4.78, 5) is 2.47. The molecule has 0 aliphatic heterocycles. The summed E-state index contributed by atoms with van der Waals surface area (Å²) in [5, 5.41) is 5.15. The molecule has 11 rings (SSSR count). The summed E-state index contributed by atoms with van der Waals surface area (Å²) in [6.07, 6.45) is 0. The summed E-state index contributed by atoms with van der Waals surface area (Å²) < 4.78 is 0. The van der Waals surface area contributed by atoms with Crippen LogP contribution in [0.3, 0.4) is 0 Å². The number of anilines is 3. The van der Waals surface area contributed by atoms with Crippen molar-refractivity contribution in [1.29, 1.82) is 0 Å². The molecule has 9 aromatic rings. The zero-order valence-corrected chi connectivity index (χ0v) is 32.8. The van der Waals surface area contributed by atoms with Gasteiger partial charge in [-0.05, 0) is 131 Å². The van der Waals surface area contributed by atoms with E-state index < -0.39 is 0 Å². The Hall–Kier alpha value is -6.70. The fourth-order valence-electron chi connectivity index (χ4n) is 10.1. The van der Waals surface area contributed by atoms with Crippen molar-refractivity contribution in [1.82, 2.24) is 0 Å². The first-order valence-electron chi connectivity index (χ1n) is 20.2. The van der Waals surface area contributed by atoms with Gasteiger partial charge in [-0.1, -0.05) is 173 Å². The molecule has 0 spiro atoms. The molecule has 0 radical (unpaired) electrons. The molecular weight excluding hydrogens is 687 g/mol. The minimum Gasteiger partial charge on any atom is -0.310 e. The topological polar surface area (TPSA) is 3.24 Å². The van der Waals surface area contributed by atoms with Crippen molar-refractivity contribution in [2.24, 2.45) is 0 Å². The fraction of sp³-hybridized carbons (Fsp3) is 0.107. The maximum absolute atomic E-state index is 2.48. The van der Waals surface area contributed by atoms with Gasteiger partial charge in [0.15, 0.2) is 0 Å². The van der Waals surface area contributed by atoms with Gasteiger partial charge in [0.25, 0.3) is 0 Å². The lowest BCUT2D eigenvalue weighted by Crippen LogP contribution is -2.24. The first kappa shape index (κ1) is 33.6. The van der Waals surface area contributed by atoms with Gasteiger partial charge in [-0.15, -0.1) is 0 Å². The molecule has 0 amide bonds. The minimum atomic E-state index is -0.187. The van der Waals surface area contributed by atoms with E-state index in [1.807, 2.05) is 0 Å². The van der Waals surface area contributed by atoms with E-state index in [4.69, 9.17) is 0 Å². The van der Waals surface area contributed by atoms with Crippen molar-refractivity contribution < 1.29 is 0 Å². The van der Waals surface area contributed by atoms with E-state index in [0.29, 0.717) is 0 Å². The lowest BCUT2D eigenvalue weighted by Gasteiger charge is -2.37. The molecule has 1 nitrogen and oxygen atoms in total. The van der Waals surface area contributed by atoms with Gasteiger partial charge >= 0.3 is 0 Å². The van der Waals surface area contributed by atoms with Crippen molar-refractivity contribution in [2.45, 2.75) is 38.5 Å². The molecule has 2 aliphatic carbocycles. The Morgan fingerprint density at radius 1 is 0.316 bits per heavy atom. The summed E-state index contributed by atoms with van der Waals surface area (Å²) in [6, 6.07) is 70.2. The second-order valence-electron chi connectivity index (χ2n) is 17.0. The van der Waals surface area contributed by atoms with Crippen LogP contribution in [0.2, 0.25) is 0 Å². The highest BCUT2D eigenvalue weighted by Crippen LogP contribution is 2.54. The zero-order chi connectivity index (χ0) is 38.5. The predicted molar refractivity (Wildman–Crippen MR) is 242 cm³/mol. The van der Waals surface area contributed by atoms with Gasteiger partial charge < -0.3 is 4.90 Å². The Morgan fingerprint density at radius 3 is 1.72 bits per heavy atom. The molecule has 1 heteroatoms. The number of fused-ring (bicyclic) bond motifs is 6. The predicted octanol–water partition coefficient (Wildman–Crippen LogP) is 15.4. The van der Waals surface area contributed by atoms with E-state index in [1.165, 1.54) is 88.3 Å². The number of hydrogen-bond donors (Lipinski definition) is 0. The van der Waals surface area contributed by atoms with E-state index in [1.54, 1.807) is 0 Å². The molecular formula is C56H43N. The van der Waals surface area contributed by atoms with Crippen LogP contribution in [0.5, 0.6) is 0 Å². The fourth-order valence-corrected chi connectivity index (χ4v) is 10.1. The quantitative estimate of drug-likeness (QED) is 0.170. The Morgan fingerprint density at radius 2 is 0.877 bits per heavy atom. The van der Waals surface area contributed by atoms with E-state index in [2.05, 4.69) is 221 Å². The largest absolute Gasteiger partial charge is 0.310 e. The van der Waals surface area contributed by atoms with Crippen molar-refractivity contribution in [3.8, 4) is 44.5 Å². The second-order valence-corrected chi connectivity index (χ2v) is 17.0. The van der Waals surface area contributed by atoms with E-state index in [0.717, 1.165) is 17.1 Å². The van der Waals surface area contributed by atoms with E-state index in [9.17, 15) is 0 Å². The van der Waals surface area contributed by atoms with Crippen molar-refractivity contribution >= 4 is 38.6 Å². The molecule has 9 aromatic carbocycles. The molecule has 57 heavy (non-hydrogen) atoms. The number of hydrogen-bond acceptors (Lipinski definition) is 1. The highest BCUT2D eigenvalue weighted by molar-refractivity contribution is 6.10. The third-order valence-electron chi connectivity index (χ3n) is 13.0. The SMILES string of the molecule is CC1(C)c2ccccc2-c2ccc(N(c3ccc(-c4ccccc4)cc3)c3ccc4c(c3)-c3c(-c5ccc6ccccc6c5)ccc5cccc(c35)C4(C)C)cc21. The average Bonchev–Trinajstić information content (AvgIpc) is 3.48. The summed E-state index contributed by atoms with van der Waals surface area (Å²) in [5.74, 6) is 0. The normalized spacial score (nSPS) is 14.2. The summed E-state index contributed by atoms with van der Waals surface area (Å²) in [5.41, 5.74) is 18.8. The molecule has 0 fully saturated rings. The Kier molecular flexibility index (Phi) is 7.32. The molecule has 0 N–H and O–H groups in total. The van der Waals surface area contributed by atoms with Crippen LogP contribution in [-0.4, -0.2) is 0 Å². The monoisotopic (exact) mass is 729 g/mol. The molecule has 0 saturated heterocycles. The van der Waals surface area contributed by atoms with Gasteiger partial charge in [0, 0.05) is 27.9 Å². The first-order chi connectivity index (χ1) is 27.8. The molecule has 0 unspecified atom stereocenters. The van der Waals surface area contributed by atoms with Crippen LogP contribution in [0.25, 0.3) is 66.1 Å². The Balaban J connectivity index is 1.15. The maximum Gasteiger partial charge on any atom is 0.0468 e. The van der Waals surface area contributed by atoms with E-state index in [-0.39, 0.29) is 10.8 Å². The standard InChI is InChI=1S/C56H43N/c1-55(2)50-32-29-43(34-48(50)54-45(30-25-39-17-12-20-51(55)53(39)54)41-22-21-37-15-8-9-16-40(37)33-41)57(42-26-23-38(24-27-42)36-13-6-5-7-14-36)44-28-31-47-46-18-10-11-19-49(46)56(3,4)52(47)35-44/h5-35H,1-4H3. The van der Waals surface area contributed by atoms with Crippen LogP contribution in [0.1, 0.15) is 49.9 Å². The molecule has 0 atom stereocenters. The highest BCUT2D eigenvalue weighted by atomic mass is 15.1. The van der Waals surface area contributed by atoms with Gasteiger partial charge in [0.2, 0.25) is 0 Å². The van der Waals surface area contributed by atoms with Crippen LogP contribution in [0.15, 0.2) is 188 Å². The first-order valence-corrected chi connectivity index (χ1v) is 20.2. The number of nitrogens with zero attached hydrogens (tertiary/aromatic N) is 1. The van der Waals surface area contributed by atoms with E-state index >= 15 is 0 Å². The molecule has 272 valence electrons. The molecule has 0 saturated carbocycles. The number of rotatable bonds is 5. The smallest absolute Gasteiger partial charge is 0.0468 e. The lowest BCUT2D eigenvalue weighted by molar-refractivity contribution is 0.645. The number of benzene rings is 9. The van der Waals surface area contributed by atoms with Crippen molar-refractivity contribution in [2.75, 3.05) is 4.90 Å². The third kappa shape index (κ3) is 5.08. The van der Waals surface area contributed by atoms with Crippen molar-refractivity contribution in [3.63, 3.8) is 0 Å². The Bertz CT molecular complexity index is 3060. The van der Waals surface area contributed by atoms with Crippen LogP contribution in [0.4, 0.5) is 17.1 Å². The van der Waals surface area contributed by atoms with Crippen LogP contribution < -0.4 is 4.90 Å². The van der Waals surface area contributed by atoms with Gasteiger partial charge in [0.1, 0.15) is 0 Å². The maximum atomic E-state index is 2.48. The molecule has 0 bridgehead atoms. The van der Waals surface area contributed by atoms with Gasteiger partial charge in [-0.3, -0.25) is 0 Å². The van der Waals surface area contributed by atoms with Gasteiger partial charge in [-0.25, -0.2) is 0 Å². The second kappa shape index (κ2) is 12.4. The molecule has 2 aliphatic rings. The third-order valence-corrected chi connectivity index (χ3v) is 13.0. The summed E-state index contributed by atoms with van der Waals surface area (Å²) in [7, 11) is 0. The average molecular weight is 730 g/mol. The van der Waals surface area contributed by atoms with Crippen LogP contribution >= 0.6 is 0 Å². The highest BCUT2D eigenvalue weighted by Gasteiger charge is 2.37. The zero-order valence-electron chi connectivity index (χ0n) is 32.8. The van der Waals surface area contributed by atoms with Gasteiger partial charge in [-0.2, -0.15) is 0 Å². The van der Waals surface area contributed by atoms with Crippen LogP contribution in [0, 0.1) is 0 Å². The lowest BCUT2D eigenvalue weighted by atomic mass is 9.67. The summed E-state index contributed by atoms with van der Waals surface area (Å²) >= 11 is 0.